The number of nitrogens with one attached hydrogen (secondary N) is 1. The number of rotatable bonds is 4. The first-order valence-electron chi connectivity index (χ1n) is 5.32. The molecule has 1 heterocycles. The molecule has 0 aromatic carbocycles. The second-order valence-electron chi connectivity index (χ2n) is 4.20. The first-order chi connectivity index (χ1) is 7.93. The van der Waals surface area contributed by atoms with Crippen molar-refractivity contribution in [2.45, 2.75) is 26.8 Å². The minimum atomic E-state index is -0.909. The molecule has 0 aliphatic carbocycles. The van der Waals surface area contributed by atoms with Crippen LogP contribution in [0.15, 0.2) is 12.1 Å². The Morgan fingerprint density at radius 3 is 2.65 bits per heavy atom. The summed E-state index contributed by atoms with van der Waals surface area (Å²) in [6.45, 7) is 5.41. The van der Waals surface area contributed by atoms with Gasteiger partial charge in [0, 0.05) is 11.4 Å². The van der Waals surface area contributed by atoms with Gasteiger partial charge >= 0.3 is 5.97 Å². The number of aromatic nitrogens is 1. The van der Waals surface area contributed by atoms with Crippen LogP contribution >= 0.6 is 0 Å². The predicted molar refractivity (Wildman–Crippen MR) is 63.6 cm³/mol. The van der Waals surface area contributed by atoms with Gasteiger partial charge in [-0.2, -0.15) is 5.26 Å². The van der Waals surface area contributed by atoms with Crippen molar-refractivity contribution in [1.29, 1.82) is 5.26 Å². The third kappa shape index (κ3) is 3.45. The number of nitrogens with zero attached hydrogens (tertiary/aromatic N) is 2. The highest BCUT2D eigenvalue weighted by molar-refractivity contribution is 5.77. The molecule has 0 amide bonds. The second kappa shape index (κ2) is 5.30. The number of anilines is 1. The van der Waals surface area contributed by atoms with Crippen molar-refractivity contribution >= 4 is 11.7 Å². The highest BCUT2D eigenvalue weighted by Crippen LogP contribution is 2.15. The largest absolute Gasteiger partial charge is 0.480 e. The summed E-state index contributed by atoms with van der Waals surface area (Å²) < 4.78 is 0. The minimum Gasteiger partial charge on any atom is -0.480 e. The number of carboxylic acids is 1. The molecule has 0 fully saturated rings. The molecule has 1 rings (SSSR count). The van der Waals surface area contributed by atoms with Gasteiger partial charge in [-0.15, -0.1) is 0 Å². The summed E-state index contributed by atoms with van der Waals surface area (Å²) in [5, 5.41) is 20.7. The SMILES string of the molecule is Cc1cc(N[C@H](C(=O)O)C(C)C)cc(C#N)n1. The molecule has 0 unspecified atom stereocenters. The lowest BCUT2D eigenvalue weighted by molar-refractivity contribution is -0.138. The van der Waals surface area contributed by atoms with Crippen LogP contribution in [0.2, 0.25) is 0 Å². The number of carbonyl (C=O) groups is 1. The van der Waals surface area contributed by atoms with Gasteiger partial charge in [-0.05, 0) is 25.0 Å². The maximum absolute atomic E-state index is 11.0. The van der Waals surface area contributed by atoms with Gasteiger partial charge in [-0.25, -0.2) is 9.78 Å². The fourth-order valence-corrected chi connectivity index (χ4v) is 1.50. The van der Waals surface area contributed by atoms with Crippen LogP contribution in [0, 0.1) is 24.2 Å². The molecule has 0 spiro atoms. The lowest BCUT2D eigenvalue weighted by atomic mass is 10.0. The smallest absolute Gasteiger partial charge is 0.326 e. The Balaban J connectivity index is 2.98. The van der Waals surface area contributed by atoms with E-state index in [0.29, 0.717) is 11.4 Å². The van der Waals surface area contributed by atoms with Crippen LogP contribution in [0.3, 0.4) is 0 Å². The Hall–Kier alpha value is -2.09. The summed E-state index contributed by atoms with van der Waals surface area (Å²) >= 11 is 0. The quantitative estimate of drug-likeness (QED) is 0.827. The maximum atomic E-state index is 11.0. The van der Waals surface area contributed by atoms with Gasteiger partial charge in [0.1, 0.15) is 17.8 Å². The predicted octanol–water partition coefficient (Wildman–Crippen LogP) is 1.78. The Bertz CT molecular complexity index is 463. The van der Waals surface area contributed by atoms with Gasteiger partial charge in [0.25, 0.3) is 0 Å². The molecular formula is C12H15N3O2. The van der Waals surface area contributed by atoms with Crippen molar-refractivity contribution in [1.82, 2.24) is 4.98 Å². The fraction of sp³-hybridized carbons (Fsp3) is 0.417. The van der Waals surface area contributed by atoms with Gasteiger partial charge in [-0.3, -0.25) is 0 Å². The molecule has 5 nitrogen and oxygen atoms in total. The van der Waals surface area contributed by atoms with E-state index in [9.17, 15) is 4.79 Å². The number of pyridine rings is 1. The highest BCUT2D eigenvalue weighted by atomic mass is 16.4. The Kier molecular flexibility index (Phi) is 4.05. The molecule has 0 saturated heterocycles. The molecule has 1 aromatic rings. The normalized spacial score (nSPS) is 11.9. The highest BCUT2D eigenvalue weighted by Gasteiger charge is 2.21. The molecule has 0 saturated carbocycles. The third-order valence-electron chi connectivity index (χ3n) is 2.32. The monoisotopic (exact) mass is 233 g/mol. The number of aliphatic carboxylic acids is 1. The van der Waals surface area contributed by atoms with Crippen LogP contribution in [-0.2, 0) is 4.79 Å². The summed E-state index contributed by atoms with van der Waals surface area (Å²) in [4.78, 5) is 15.0. The molecule has 0 aliphatic heterocycles. The summed E-state index contributed by atoms with van der Waals surface area (Å²) in [5.74, 6) is -0.959. The lowest BCUT2D eigenvalue weighted by Crippen LogP contribution is -2.34. The average molecular weight is 233 g/mol. The molecule has 5 heteroatoms. The Labute approximate surface area is 100 Å². The molecule has 17 heavy (non-hydrogen) atoms. The molecule has 0 aliphatic rings. The number of hydrogen-bond donors (Lipinski definition) is 2. The molecule has 0 radical (unpaired) electrons. The zero-order valence-corrected chi connectivity index (χ0v) is 10.1. The van der Waals surface area contributed by atoms with E-state index in [4.69, 9.17) is 10.4 Å². The third-order valence-corrected chi connectivity index (χ3v) is 2.32. The van der Waals surface area contributed by atoms with E-state index in [0.717, 1.165) is 0 Å². The van der Waals surface area contributed by atoms with E-state index in [1.54, 1.807) is 19.1 Å². The van der Waals surface area contributed by atoms with Crippen molar-refractivity contribution in [2.24, 2.45) is 5.92 Å². The van der Waals surface area contributed by atoms with Crippen molar-refractivity contribution < 1.29 is 9.90 Å². The Morgan fingerprint density at radius 2 is 2.18 bits per heavy atom. The average Bonchev–Trinajstić information content (AvgIpc) is 2.24. The first kappa shape index (κ1) is 13.0. The van der Waals surface area contributed by atoms with Gasteiger partial charge in [0.15, 0.2) is 0 Å². The molecule has 90 valence electrons. The topological polar surface area (TPSA) is 86.0 Å². The van der Waals surface area contributed by atoms with E-state index in [-0.39, 0.29) is 11.6 Å². The van der Waals surface area contributed by atoms with Crippen molar-refractivity contribution in [3.8, 4) is 6.07 Å². The summed E-state index contributed by atoms with van der Waals surface area (Å²) in [7, 11) is 0. The standard InChI is InChI=1S/C12H15N3O2/c1-7(2)11(12(16)17)15-9-4-8(3)14-10(5-9)6-13/h4-5,7,11H,1-3H3,(H,14,15)(H,16,17)/t11-/m0/s1. The molecule has 2 N–H and O–H groups in total. The zero-order valence-electron chi connectivity index (χ0n) is 10.1. The van der Waals surface area contributed by atoms with Crippen LogP contribution in [0.5, 0.6) is 0 Å². The summed E-state index contributed by atoms with van der Waals surface area (Å²) in [6, 6.07) is 4.53. The van der Waals surface area contributed by atoms with Crippen LogP contribution in [0.4, 0.5) is 5.69 Å². The van der Waals surface area contributed by atoms with Crippen molar-refractivity contribution in [3.63, 3.8) is 0 Å². The number of hydrogen-bond acceptors (Lipinski definition) is 4. The van der Waals surface area contributed by atoms with Crippen LogP contribution in [-0.4, -0.2) is 22.1 Å². The second-order valence-corrected chi connectivity index (χ2v) is 4.20. The lowest BCUT2D eigenvalue weighted by Gasteiger charge is -2.19. The van der Waals surface area contributed by atoms with E-state index in [1.807, 2.05) is 19.9 Å². The zero-order chi connectivity index (χ0) is 13.0. The van der Waals surface area contributed by atoms with E-state index in [2.05, 4.69) is 10.3 Å². The number of carboxylic acid groups (broad SMARTS) is 1. The van der Waals surface area contributed by atoms with Crippen molar-refractivity contribution in [2.75, 3.05) is 5.32 Å². The Morgan fingerprint density at radius 1 is 1.53 bits per heavy atom. The van der Waals surface area contributed by atoms with Crippen molar-refractivity contribution in [3.05, 3.63) is 23.5 Å². The van der Waals surface area contributed by atoms with Gasteiger partial charge in [0.05, 0.1) is 0 Å². The van der Waals surface area contributed by atoms with Gasteiger partial charge < -0.3 is 10.4 Å². The van der Waals surface area contributed by atoms with E-state index >= 15 is 0 Å². The van der Waals surface area contributed by atoms with E-state index < -0.39 is 12.0 Å². The molecular weight excluding hydrogens is 218 g/mol. The molecule has 1 aromatic heterocycles. The fourth-order valence-electron chi connectivity index (χ4n) is 1.50. The summed E-state index contributed by atoms with van der Waals surface area (Å²) in [5.41, 5.74) is 1.56. The molecule has 0 bridgehead atoms. The van der Waals surface area contributed by atoms with Gasteiger partial charge in [-0.1, -0.05) is 13.8 Å². The first-order valence-corrected chi connectivity index (χ1v) is 5.32. The number of nitriles is 1. The van der Waals surface area contributed by atoms with Gasteiger partial charge in [0.2, 0.25) is 0 Å². The van der Waals surface area contributed by atoms with Crippen LogP contribution in [0.1, 0.15) is 25.2 Å². The number of aryl methyl sites for hydroxylation is 1. The summed E-state index contributed by atoms with van der Waals surface area (Å²) in [6.07, 6.45) is 0. The minimum absolute atomic E-state index is 0.0495. The van der Waals surface area contributed by atoms with Crippen LogP contribution < -0.4 is 5.32 Å². The van der Waals surface area contributed by atoms with Crippen LogP contribution in [0.25, 0.3) is 0 Å². The molecule has 1 atom stereocenters. The maximum Gasteiger partial charge on any atom is 0.326 e. The van der Waals surface area contributed by atoms with E-state index in [1.165, 1.54) is 0 Å².